The third kappa shape index (κ3) is 4.17. The monoisotopic (exact) mass is 401 g/mol. The lowest BCUT2D eigenvalue weighted by Crippen LogP contribution is -2.23. The van der Waals surface area contributed by atoms with Crippen LogP contribution in [0.1, 0.15) is 21.5 Å². The van der Waals surface area contributed by atoms with Gasteiger partial charge in [0, 0.05) is 12.1 Å². The summed E-state index contributed by atoms with van der Waals surface area (Å²) in [6.07, 6.45) is 1.55. The van der Waals surface area contributed by atoms with Gasteiger partial charge in [-0.25, -0.2) is 13.4 Å². The van der Waals surface area contributed by atoms with Gasteiger partial charge in [-0.15, -0.1) is 6.58 Å². The summed E-state index contributed by atoms with van der Waals surface area (Å²) in [5.41, 5.74) is 3.13. The van der Waals surface area contributed by atoms with Crippen molar-refractivity contribution in [2.24, 2.45) is 0 Å². The summed E-state index contributed by atoms with van der Waals surface area (Å²) in [4.78, 5) is 16.4. The van der Waals surface area contributed by atoms with Gasteiger partial charge in [-0.2, -0.15) is 0 Å². The third-order valence-corrected chi connectivity index (χ3v) is 6.25. The zero-order valence-electron chi connectivity index (χ0n) is 14.9. The molecule has 0 saturated carbocycles. The number of benzene rings is 2. The molecule has 8 heteroatoms. The zero-order chi connectivity index (χ0) is 19.6. The first-order valence-corrected chi connectivity index (χ1v) is 10.5. The fourth-order valence-corrected chi connectivity index (χ4v) is 4.98. The number of aromatic nitrogens is 1. The second-order valence-electron chi connectivity index (χ2n) is 6.08. The van der Waals surface area contributed by atoms with Crippen LogP contribution in [0, 0.1) is 13.8 Å². The Morgan fingerprint density at radius 2 is 2.04 bits per heavy atom. The number of rotatable bonds is 6. The molecule has 0 bridgehead atoms. The van der Waals surface area contributed by atoms with Gasteiger partial charge in [-0.3, -0.25) is 9.52 Å². The van der Waals surface area contributed by atoms with Crippen LogP contribution in [0.25, 0.3) is 10.2 Å². The van der Waals surface area contributed by atoms with E-state index in [1.807, 2.05) is 26.0 Å². The molecule has 2 N–H and O–H groups in total. The summed E-state index contributed by atoms with van der Waals surface area (Å²) < 4.78 is 28.9. The second kappa shape index (κ2) is 7.50. The molecular formula is C19H19N3O3S2. The molecule has 3 aromatic rings. The van der Waals surface area contributed by atoms with E-state index in [2.05, 4.69) is 21.6 Å². The van der Waals surface area contributed by atoms with Crippen molar-refractivity contribution in [2.45, 2.75) is 18.7 Å². The normalized spacial score (nSPS) is 11.3. The number of nitrogens with zero attached hydrogens (tertiary/aromatic N) is 1. The molecule has 1 aromatic heterocycles. The van der Waals surface area contributed by atoms with Crippen molar-refractivity contribution in [3.63, 3.8) is 0 Å². The second-order valence-corrected chi connectivity index (χ2v) is 8.79. The van der Waals surface area contributed by atoms with Crippen LogP contribution < -0.4 is 10.0 Å². The van der Waals surface area contributed by atoms with Crippen molar-refractivity contribution in [3.05, 3.63) is 65.7 Å². The number of sulfonamides is 1. The fraction of sp³-hybridized carbons (Fsp3) is 0.158. The van der Waals surface area contributed by atoms with Crippen LogP contribution in [0.2, 0.25) is 0 Å². The lowest BCUT2D eigenvalue weighted by Gasteiger charge is -2.07. The Hall–Kier alpha value is -2.71. The summed E-state index contributed by atoms with van der Waals surface area (Å²) in [6.45, 7) is 7.77. The van der Waals surface area contributed by atoms with Gasteiger partial charge in [0.15, 0.2) is 5.13 Å². The first kappa shape index (κ1) is 19.1. The van der Waals surface area contributed by atoms with Crippen molar-refractivity contribution >= 4 is 42.6 Å². The van der Waals surface area contributed by atoms with E-state index in [0.29, 0.717) is 11.7 Å². The molecule has 0 saturated heterocycles. The van der Waals surface area contributed by atoms with Gasteiger partial charge in [0.25, 0.3) is 15.9 Å². The number of hydrogen-bond acceptors (Lipinski definition) is 5. The van der Waals surface area contributed by atoms with Gasteiger partial charge in [0.05, 0.1) is 15.1 Å². The van der Waals surface area contributed by atoms with E-state index in [1.54, 1.807) is 12.1 Å². The van der Waals surface area contributed by atoms with Crippen LogP contribution in [0.4, 0.5) is 5.13 Å². The molecule has 1 amide bonds. The Labute approximate surface area is 162 Å². The molecule has 0 aliphatic rings. The average Bonchev–Trinajstić information content (AvgIpc) is 3.01. The molecule has 0 aliphatic carbocycles. The topological polar surface area (TPSA) is 88.2 Å². The van der Waals surface area contributed by atoms with E-state index in [-0.39, 0.29) is 16.4 Å². The number of carbonyl (C=O) groups is 1. The van der Waals surface area contributed by atoms with E-state index in [1.165, 1.54) is 29.5 Å². The maximum Gasteiger partial charge on any atom is 0.263 e. The number of hydrogen-bond donors (Lipinski definition) is 2. The third-order valence-electron chi connectivity index (χ3n) is 3.86. The maximum absolute atomic E-state index is 12.7. The van der Waals surface area contributed by atoms with Crippen molar-refractivity contribution in [2.75, 3.05) is 11.3 Å². The van der Waals surface area contributed by atoms with Gasteiger partial charge in [-0.1, -0.05) is 29.5 Å². The molecule has 0 atom stereocenters. The molecule has 1 heterocycles. The van der Waals surface area contributed by atoms with Crippen LogP contribution >= 0.6 is 11.3 Å². The predicted octanol–water partition coefficient (Wildman–Crippen LogP) is 3.63. The highest BCUT2D eigenvalue weighted by Gasteiger charge is 2.19. The summed E-state index contributed by atoms with van der Waals surface area (Å²) in [7, 11) is -3.86. The van der Waals surface area contributed by atoms with Crippen LogP contribution in [0.15, 0.2) is 53.9 Å². The molecule has 27 heavy (non-hydrogen) atoms. The van der Waals surface area contributed by atoms with Crippen molar-refractivity contribution in [3.8, 4) is 0 Å². The summed E-state index contributed by atoms with van der Waals surface area (Å²) in [5, 5.41) is 2.92. The Kier molecular flexibility index (Phi) is 5.29. The molecule has 140 valence electrons. The van der Waals surface area contributed by atoms with E-state index >= 15 is 0 Å². The number of amides is 1. The molecule has 0 radical (unpaired) electrons. The van der Waals surface area contributed by atoms with Gasteiger partial charge in [0.2, 0.25) is 0 Å². The highest BCUT2D eigenvalue weighted by molar-refractivity contribution is 7.93. The zero-order valence-corrected chi connectivity index (χ0v) is 16.6. The van der Waals surface area contributed by atoms with Gasteiger partial charge < -0.3 is 5.32 Å². The van der Waals surface area contributed by atoms with Crippen molar-refractivity contribution in [1.82, 2.24) is 10.3 Å². The Morgan fingerprint density at radius 3 is 2.78 bits per heavy atom. The number of thiazole rings is 1. The lowest BCUT2D eigenvalue weighted by atomic mass is 10.1. The summed E-state index contributed by atoms with van der Waals surface area (Å²) in [5.74, 6) is -0.363. The van der Waals surface area contributed by atoms with Crippen molar-refractivity contribution in [1.29, 1.82) is 0 Å². The molecule has 0 unspecified atom stereocenters. The lowest BCUT2D eigenvalue weighted by molar-refractivity contribution is 0.0958. The first-order chi connectivity index (χ1) is 12.8. The number of anilines is 1. The van der Waals surface area contributed by atoms with E-state index in [0.717, 1.165) is 21.3 Å². The molecular weight excluding hydrogens is 382 g/mol. The molecule has 3 rings (SSSR count). The number of nitrogens with one attached hydrogen (secondary N) is 2. The number of fused-ring (bicyclic) bond motifs is 1. The number of carbonyl (C=O) groups excluding carboxylic acids is 1. The minimum Gasteiger partial charge on any atom is -0.349 e. The SMILES string of the molecule is C=CCNC(=O)c1cccc(S(=O)(=O)Nc2nc3c(C)cc(C)cc3s2)c1. The summed E-state index contributed by atoms with van der Waals surface area (Å²) in [6, 6.07) is 9.84. The van der Waals surface area contributed by atoms with Crippen LogP contribution in [-0.4, -0.2) is 25.9 Å². The van der Waals surface area contributed by atoms with Crippen molar-refractivity contribution < 1.29 is 13.2 Å². The summed E-state index contributed by atoms with van der Waals surface area (Å²) >= 11 is 1.28. The predicted molar refractivity (Wildman–Crippen MR) is 109 cm³/mol. The highest BCUT2D eigenvalue weighted by Crippen LogP contribution is 2.30. The fourth-order valence-electron chi connectivity index (χ4n) is 2.66. The molecule has 0 spiro atoms. The smallest absolute Gasteiger partial charge is 0.263 e. The quantitative estimate of drug-likeness (QED) is 0.618. The standard InChI is InChI=1S/C19H19N3O3S2/c1-4-8-20-18(23)14-6-5-7-15(11-14)27(24,25)22-19-21-17-13(3)9-12(2)10-16(17)26-19/h4-7,9-11H,1,8H2,2-3H3,(H,20,23)(H,21,22). The Bertz CT molecular complexity index is 1130. The maximum atomic E-state index is 12.7. The van der Waals surface area contributed by atoms with E-state index < -0.39 is 10.0 Å². The van der Waals surface area contributed by atoms with Crippen LogP contribution in [0.5, 0.6) is 0 Å². The van der Waals surface area contributed by atoms with Gasteiger partial charge >= 0.3 is 0 Å². The Morgan fingerprint density at radius 1 is 1.26 bits per heavy atom. The van der Waals surface area contributed by atoms with Crippen LogP contribution in [-0.2, 0) is 10.0 Å². The Balaban J connectivity index is 1.90. The number of aryl methyl sites for hydroxylation is 2. The van der Waals surface area contributed by atoms with E-state index in [9.17, 15) is 13.2 Å². The highest BCUT2D eigenvalue weighted by atomic mass is 32.2. The van der Waals surface area contributed by atoms with Gasteiger partial charge in [0.1, 0.15) is 0 Å². The molecule has 6 nitrogen and oxygen atoms in total. The molecule has 0 aliphatic heterocycles. The van der Waals surface area contributed by atoms with Gasteiger partial charge in [-0.05, 0) is 49.2 Å². The minimum atomic E-state index is -3.86. The molecule has 2 aromatic carbocycles. The first-order valence-electron chi connectivity index (χ1n) is 8.20. The van der Waals surface area contributed by atoms with E-state index in [4.69, 9.17) is 0 Å². The molecule has 0 fully saturated rings. The van der Waals surface area contributed by atoms with Crippen LogP contribution in [0.3, 0.4) is 0 Å². The minimum absolute atomic E-state index is 0.000844. The largest absolute Gasteiger partial charge is 0.349 e. The average molecular weight is 402 g/mol.